The summed E-state index contributed by atoms with van der Waals surface area (Å²) in [4.78, 5) is 42.7. The molecule has 0 spiro atoms. The van der Waals surface area contributed by atoms with E-state index in [1.165, 1.54) is 18.3 Å². The molecule has 3 amide bonds. The molecule has 0 saturated carbocycles. The van der Waals surface area contributed by atoms with E-state index in [-0.39, 0.29) is 24.1 Å². The van der Waals surface area contributed by atoms with Gasteiger partial charge in [0.05, 0.1) is 16.1 Å². The number of carbonyl (C=O) groups excluding carboxylic acids is 3. The molecule has 154 valence electrons. The van der Waals surface area contributed by atoms with Crippen LogP contribution in [0.15, 0.2) is 36.4 Å². The van der Waals surface area contributed by atoms with Crippen LogP contribution >= 0.6 is 11.3 Å². The largest absolute Gasteiger partial charge is 0.326 e. The lowest BCUT2D eigenvalue weighted by Crippen LogP contribution is -2.28. The molecule has 0 radical (unpaired) electrons. The summed E-state index contributed by atoms with van der Waals surface area (Å²) in [6, 6.07) is 11.2. The van der Waals surface area contributed by atoms with Crippen molar-refractivity contribution >= 4 is 55.8 Å². The number of hydrogen-bond donors (Lipinski definition) is 2. The van der Waals surface area contributed by atoms with E-state index >= 15 is 0 Å². The molecule has 7 nitrogen and oxygen atoms in total. The molecule has 0 unspecified atom stereocenters. The fourth-order valence-electron chi connectivity index (χ4n) is 3.61. The number of aryl methyl sites for hydroxylation is 1. The maximum absolute atomic E-state index is 12.8. The van der Waals surface area contributed by atoms with E-state index in [9.17, 15) is 14.4 Å². The number of aromatic nitrogens is 1. The Labute approximate surface area is 178 Å². The molecular weight excluding hydrogens is 400 g/mol. The van der Waals surface area contributed by atoms with E-state index in [1.807, 2.05) is 38.1 Å². The average molecular weight is 423 g/mol. The van der Waals surface area contributed by atoms with Crippen molar-refractivity contribution < 1.29 is 14.4 Å². The number of carbonyl (C=O) groups is 3. The van der Waals surface area contributed by atoms with Gasteiger partial charge in [0, 0.05) is 31.3 Å². The molecule has 1 saturated heterocycles. The third-order valence-corrected chi connectivity index (χ3v) is 6.24. The van der Waals surface area contributed by atoms with Crippen molar-refractivity contribution in [1.82, 2.24) is 4.98 Å². The van der Waals surface area contributed by atoms with E-state index in [4.69, 9.17) is 0 Å². The van der Waals surface area contributed by atoms with Crippen LogP contribution in [0.25, 0.3) is 10.2 Å². The second-order valence-corrected chi connectivity index (χ2v) is 8.53. The Bertz CT molecular complexity index is 1170. The maximum Gasteiger partial charge on any atom is 0.231 e. The third-order valence-electron chi connectivity index (χ3n) is 5.30. The Balaban J connectivity index is 1.48. The molecule has 2 N–H and O–H groups in total. The molecule has 1 fully saturated rings. The van der Waals surface area contributed by atoms with Gasteiger partial charge in [-0.1, -0.05) is 23.5 Å². The van der Waals surface area contributed by atoms with Gasteiger partial charge in [-0.15, -0.1) is 0 Å². The summed E-state index contributed by atoms with van der Waals surface area (Å²) in [5.41, 5.74) is 4.45. The summed E-state index contributed by atoms with van der Waals surface area (Å²) < 4.78 is 0.857. The van der Waals surface area contributed by atoms with E-state index in [1.54, 1.807) is 17.0 Å². The lowest BCUT2D eigenvalue weighted by Gasteiger charge is -2.20. The van der Waals surface area contributed by atoms with E-state index in [2.05, 4.69) is 15.6 Å². The van der Waals surface area contributed by atoms with Crippen LogP contribution in [-0.4, -0.2) is 29.3 Å². The summed E-state index contributed by atoms with van der Waals surface area (Å²) in [6.07, 6.45) is 0.177. The zero-order valence-electron chi connectivity index (χ0n) is 17.0. The fraction of sp³-hybridized carbons (Fsp3) is 0.273. The van der Waals surface area contributed by atoms with Crippen molar-refractivity contribution in [1.29, 1.82) is 0 Å². The van der Waals surface area contributed by atoms with Gasteiger partial charge in [-0.25, -0.2) is 4.98 Å². The van der Waals surface area contributed by atoms with Gasteiger partial charge in [0.25, 0.3) is 0 Å². The zero-order chi connectivity index (χ0) is 21.4. The Morgan fingerprint density at radius 3 is 2.73 bits per heavy atom. The van der Waals surface area contributed by atoms with Crippen LogP contribution in [0.4, 0.5) is 16.5 Å². The van der Waals surface area contributed by atoms with Gasteiger partial charge in [-0.3, -0.25) is 14.4 Å². The monoisotopic (exact) mass is 422 g/mol. The topological polar surface area (TPSA) is 91.4 Å². The lowest BCUT2D eigenvalue weighted by molar-refractivity contribution is -0.122. The second kappa shape index (κ2) is 7.87. The van der Waals surface area contributed by atoms with E-state index in [0.29, 0.717) is 17.4 Å². The first-order valence-electron chi connectivity index (χ1n) is 9.67. The minimum Gasteiger partial charge on any atom is -0.326 e. The summed E-state index contributed by atoms with van der Waals surface area (Å²) in [5, 5.41) is 6.07. The second-order valence-electron chi connectivity index (χ2n) is 7.50. The van der Waals surface area contributed by atoms with Gasteiger partial charge in [0.2, 0.25) is 17.7 Å². The first kappa shape index (κ1) is 20.0. The summed E-state index contributed by atoms with van der Waals surface area (Å²) in [7, 11) is 0. The highest BCUT2D eigenvalue weighted by molar-refractivity contribution is 7.22. The number of amides is 3. The zero-order valence-corrected chi connectivity index (χ0v) is 17.8. The number of hydrogen-bond acceptors (Lipinski definition) is 5. The van der Waals surface area contributed by atoms with E-state index in [0.717, 1.165) is 27.0 Å². The SMILES string of the molecule is CC(=O)Nc1ccc2nc(NC(=O)[C@H]3CC(=O)N(c4cccc(C)c4C)C3)sc2c1. The van der Waals surface area contributed by atoms with Crippen LogP contribution in [0.1, 0.15) is 24.5 Å². The fourth-order valence-corrected chi connectivity index (χ4v) is 4.52. The summed E-state index contributed by atoms with van der Waals surface area (Å²) in [5.74, 6) is -0.837. The number of anilines is 3. The van der Waals surface area contributed by atoms with Gasteiger partial charge in [0.1, 0.15) is 0 Å². The van der Waals surface area contributed by atoms with Crippen LogP contribution < -0.4 is 15.5 Å². The number of nitrogens with zero attached hydrogens (tertiary/aromatic N) is 2. The highest BCUT2D eigenvalue weighted by atomic mass is 32.1. The Kier molecular flexibility index (Phi) is 5.26. The van der Waals surface area contributed by atoms with Crippen molar-refractivity contribution in [2.45, 2.75) is 27.2 Å². The van der Waals surface area contributed by atoms with Crippen LogP contribution in [-0.2, 0) is 14.4 Å². The highest BCUT2D eigenvalue weighted by Crippen LogP contribution is 2.32. The predicted molar refractivity (Wildman–Crippen MR) is 119 cm³/mol. The van der Waals surface area contributed by atoms with Crippen LogP contribution in [0.5, 0.6) is 0 Å². The minimum atomic E-state index is -0.431. The molecule has 2 heterocycles. The lowest BCUT2D eigenvalue weighted by atomic mass is 10.1. The standard InChI is InChI=1S/C22H22N4O3S/c1-12-5-4-6-18(13(12)2)26-11-15(9-20(26)28)21(29)25-22-24-17-8-7-16(23-14(3)27)10-19(17)30-22/h4-8,10,15H,9,11H2,1-3H3,(H,23,27)(H,24,25,29)/t15-/m0/s1. The molecule has 8 heteroatoms. The Hall–Kier alpha value is -3.26. The van der Waals surface area contributed by atoms with Crippen LogP contribution in [0.3, 0.4) is 0 Å². The van der Waals surface area contributed by atoms with Gasteiger partial charge in [-0.05, 0) is 49.2 Å². The van der Waals surface area contributed by atoms with Crippen molar-refractivity contribution in [2.24, 2.45) is 5.92 Å². The molecule has 30 heavy (non-hydrogen) atoms. The van der Waals surface area contributed by atoms with Gasteiger partial charge < -0.3 is 15.5 Å². The van der Waals surface area contributed by atoms with Crippen LogP contribution in [0, 0.1) is 19.8 Å². The third kappa shape index (κ3) is 3.91. The molecule has 1 aliphatic heterocycles. The van der Waals surface area contributed by atoms with Crippen molar-refractivity contribution in [2.75, 3.05) is 22.1 Å². The molecule has 0 bridgehead atoms. The molecular formula is C22H22N4O3S. The number of rotatable bonds is 4. The average Bonchev–Trinajstić information content (AvgIpc) is 3.26. The Morgan fingerprint density at radius 1 is 1.17 bits per heavy atom. The van der Waals surface area contributed by atoms with Gasteiger partial charge >= 0.3 is 0 Å². The molecule has 3 aromatic rings. The molecule has 0 aliphatic carbocycles. The molecule has 1 aliphatic rings. The quantitative estimate of drug-likeness (QED) is 0.668. The first-order chi connectivity index (χ1) is 14.3. The smallest absolute Gasteiger partial charge is 0.231 e. The van der Waals surface area contributed by atoms with Gasteiger partial charge in [0.15, 0.2) is 5.13 Å². The highest BCUT2D eigenvalue weighted by Gasteiger charge is 2.36. The Morgan fingerprint density at radius 2 is 1.97 bits per heavy atom. The van der Waals surface area contributed by atoms with Crippen molar-refractivity contribution in [3.63, 3.8) is 0 Å². The molecule has 1 aromatic heterocycles. The minimum absolute atomic E-state index is 0.0481. The first-order valence-corrected chi connectivity index (χ1v) is 10.5. The van der Waals surface area contributed by atoms with Crippen molar-refractivity contribution in [3.8, 4) is 0 Å². The number of fused-ring (bicyclic) bond motifs is 1. The number of benzene rings is 2. The normalized spacial score (nSPS) is 16.2. The molecule has 2 aromatic carbocycles. The predicted octanol–water partition coefficient (Wildman–Crippen LogP) is 3.86. The van der Waals surface area contributed by atoms with Gasteiger partial charge in [-0.2, -0.15) is 0 Å². The maximum atomic E-state index is 12.8. The number of thiazole rings is 1. The van der Waals surface area contributed by atoms with E-state index < -0.39 is 5.92 Å². The summed E-state index contributed by atoms with van der Waals surface area (Å²) >= 11 is 1.34. The van der Waals surface area contributed by atoms with Crippen LogP contribution in [0.2, 0.25) is 0 Å². The van der Waals surface area contributed by atoms with Crippen molar-refractivity contribution in [3.05, 3.63) is 47.5 Å². The molecule has 1 atom stereocenters. The molecule has 4 rings (SSSR count). The number of nitrogens with one attached hydrogen (secondary N) is 2. The summed E-state index contributed by atoms with van der Waals surface area (Å²) in [6.45, 7) is 5.80.